The van der Waals surface area contributed by atoms with Crippen molar-refractivity contribution in [2.45, 2.75) is 37.4 Å². The van der Waals surface area contributed by atoms with Crippen molar-refractivity contribution >= 4 is 23.4 Å². The molecular weight excluding hydrogens is 451 g/mol. The summed E-state index contributed by atoms with van der Waals surface area (Å²) < 4.78 is 42.6. The van der Waals surface area contributed by atoms with Gasteiger partial charge in [0.25, 0.3) is 0 Å². The summed E-state index contributed by atoms with van der Waals surface area (Å²) in [5.41, 5.74) is 0.458. The van der Waals surface area contributed by atoms with Crippen molar-refractivity contribution in [2.75, 3.05) is 24.2 Å². The molecule has 1 unspecified atom stereocenters. The molecule has 0 aliphatic carbocycles. The SMILES string of the molecule is CC(c1nnc(SCC(=O)Nc2cc(F)ccc2F)n1-c1ccc(F)cc1)N1CCCCC1. The molecule has 1 fully saturated rings. The molecule has 3 aromatic rings. The molecule has 1 saturated heterocycles. The molecule has 2 aromatic carbocycles. The molecule has 6 nitrogen and oxygen atoms in total. The maximum absolute atomic E-state index is 13.8. The van der Waals surface area contributed by atoms with E-state index in [1.807, 2.05) is 4.57 Å². The van der Waals surface area contributed by atoms with E-state index in [-0.39, 0.29) is 23.3 Å². The summed E-state index contributed by atoms with van der Waals surface area (Å²) in [6.07, 6.45) is 3.44. The zero-order valence-electron chi connectivity index (χ0n) is 18.1. The van der Waals surface area contributed by atoms with Crippen LogP contribution in [0.5, 0.6) is 0 Å². The second-order valence-electron chi connectivity index (χ2n) is 7.89. The molecule has 1 aliphatic heterocycles. The summed E-state index contributed by atoms with van der Waals surface area (Å²) in [6, 6.07) is 8.84. The lowest BCUT2D eigenvalue weighted by Crippen LogP contribution is -2.33. The number of anilines is 1. The van der Waals surface area contributed by atoms with Gasteiger partial charge >= 0.3 is 0 Å². The lowest BCUT2D eigenvalue weighted by atomic mass is 10.1. The van der Waals surface area contributed by atoms with Gasteiger partial charge in [-0.3, -0.25) is 14.3 Å². The number of halogens is 3. The van der Waals surface area contributed by atoms with Crippen LogP contribution < -0.4 is 5.32 Å². The topological polar surface area (TPSA) is 63.1 Å². The highest BCUT2D eigenvalue weighted by Gasteiger charge is 2.26. The van der Waals surface area contributed by atoms with E-state index in [1.165, 1.54) is 18.6 Å². The van der Waals surface area contributed by atoms with Gasteiger partial charge in [-0.05, 0) is 69.3 Å². The summed E-state index contributed by atoms with van der Waals surface area (Å²) >= 11 is 1.12. The second kappa shape index (κ2) is 10.4. The van der Waals surface area contributed by atoms with Crippen LogP contribution in [-0.2, 0) is 4.79 Å². The predicted molar refractivity (Wildman–Crippen MR) is 121 cm³/mol. The molecule has 0 saturated carbocycles. The Morgan fingerprint density at radius 3 is 2.45 bits per heavy atom. The molecule has 33 heavy (non-hydrogen) atoms. The first-order chi connectivity index (χ1) is 15.9. The molecule has 1 atom stereocenters. The molecule has 0 spiro atoms. The average Bonchev–Trinajstić information content (AvgIpc) is 3.24. The molecule has 1 aromatic heterocycles. The van der Waals surface area contributed by atoms with Crippen molar-refractivity contribution < 1.29 is 18.0 Å². The summed E-state index contributed by atoms with van der Waals surface area (Å²) in [4.78, 5) is 14.7. The minimum absolute atomic E-state index is 0.0209. The van der Waals surface area contributed by atoms with E-state index in [2.05, 4.69) is 27.3 Å². The number of aromatic nitrogens is 3. The predicted octanol–water partition coefficient (Wildman–Crippen LogP) is 4.96. The quantitative estimate of drug-likeness (QED) is 0.490. The molecule has 0 radical (unpaired) electrons. The molecule has 10 heteroatoms. The normalized spacial score (nSPS) is 15.4. The fourth-order valence-corrected chi connectivity index (χ4v) is 4.62. The summed E-state index contributed by atoms with van der Waals surface area (Å²) in [5, 5.41) is 11.5. The highest BCUT2D eigenvalue weighted by molar-refractivity contribution is 7.99. The first kappa shape index (κ1) is 23.3. The Morgan fingerprint density at radius 1 is 1.03 bits per heavy atom. The number of nitrogens with one attached hydrogen (secondary N) is 1. The van der Waals surface area contributed by atoms with Gasteiger partial charge in [-0.15, -0.1) is 10.2 Å². The fraction of sp³-hybridized carbons (Fsp3) is 0.348. The summed E-state index contributed by atoms with van der Waals surface area (Å²) in [7, 11) is 0. The second-order valence-corrected chi connectivity index (χ2v) is 8.83. The van der Waals surface area contributed by atoms with Crippen LogP contribution in [0.15, 0.2) is 47.6 Å². The van der Waals surface area contributed by atoms with E-state index in [0.29, 0.717) is 16.7 Å². The number of benzene rings is 2. The third-order valence-corrected chi connectivity index (χ3v) is 6.52. The lowest BCUT2D eigenvalue weighted by Gasteiger charge is -2.31. The monoisotopic (exact) mass is 475 g/mol. The van der Waals surface area contributed by atoms with Crippen LogP contribution in [0.25, 0.3) is 5.69 Å². The van der Waals surface area contributed by atoms with Crippen molar-refractivity contribution in [1.82, 2.24) is 19.7 Å². The van der Waals surface area contributed by atoms with Crippen molar-refractivity contribution in [1.29, 1.82) is 0 Å². The number of thioether (sulfide) groups is 1. The molecule has 1 aliphatic rings. The third-order valence-electron chi connectivity index (χ3n) is 5.59. The van der Waals surface area contributed by atoms with Crippen molar-refractivity contribution in [3.63, 3.8) is 0 Å². The van der Waals surface area contributed by atoms with Crippen molar-refractivity contribution in [2.24, 2.45) is 0 Å². The first-order valence-corrected chi connectivity index (χ1v) is 11.7. The van der Waals surface area contributed by atoms with Crippen LogP contribution >= 0.6 is 11.8 Å². The molecule has 1 amide bonds. The molecule has 4 rings (SSSR count). The van der Waals surface area contributed by atoms with E-state index in [9.17, 15) is 18.0 Å². The number of carbonyl (C=O) groups is 1. The third kappa shape index (κ3) is 5.56. The maximum Gasteiger partial charge on any atom is 0.234 e. The first-order valence-electron chi connectivity index (χ1n) is 10.8. The number of nitrogens with zero attached hydrogens (tertiary/aromatic N) is 4. The molecular formula is C23H24F3N5OS. The van der Waals surface area contributed by atoms with Crippen molar-refractivity contribution in [3.05, 3.63) is 65.7 Å². The number of carbonyl (C=O) groups excluding carboxylic acids is 1. The van der Waals surface area contributed by atoms with Gasteiger partial charge < -0.3 is 5.32 Å². The van der Waals surface area contributed by atoms with Gasteiger partial charge in [0.2, 0.25) is 5.91 Å². The molecule has 1 N–H and O–H groups in total. The highest BCUT2D eigenvalue weighted by atomic mass is 32.2. The molecule has 0 bridgehead atoms. The summed E-state index contributed by atoms with van der Waals surface area (Å²) in [6.45, 7) is 3.98. The zero-order valence-corrected chi connectivity index (χ0v) is 18.9. The Balaban J connectivity index is 1.55. The van der Waals surface area contributed by atoms with Gasteiger partial charge in [-0.25, -0.2) is 13.2 Å². The maximum atomic E-state index is 13.8. The number of rotatable bonds is 7. The van der Waals surface area contributed by atoms with Gasteiger partial charge in [0.15, 0.2) is 11.0 Å². The fourth-order valence-electron chi connectivity index (χ4n) is 3.86. The average molecular weight is 476 g/mol. The number of likely N-dealkylation sites (tertiary alicyclic amines) is 1. The minimum atomic E-state index is -0.720. The van der Waals surface area contributed by atoms with Gasteiger partial charge in [0.05, 0.1) is 17.5 Å². The molecule has 174 valence electrons. The lowest BCUT2D eigenvalue weighted by molar-refractivity contribution is -0.113. The van der Waals surface area contributed by atoms with Gasteiger partial charge in [0.1, 0.15) is 17.5 Å². The van der Waals surface area contributed by atoms with Gasteiger partial charge in [-0.1, -0.05) is 18.2 Å². The smallest absolute Gasteiger partial charge is 0.234 e. The minimum Gasteiger partial charge on any atom is -0.323 e. The Kier molecular flexibility index (Phi) is 7.34. The Morgan fingerprint density at radius 2 is 1.73 bits per heavy atom. The van der Waals surface area contributed by atoms with Gasteiger partial charge in [-0.2, -0.15) is 0 Å². The molecule has 2 heterocycles. The number of amides is 1. The van der Waals surface area contributed by atoms with E-state index >= 15 is 0 Å². The standard InChI is InChI=1S/C23H24F3N5OS/c1-15(30-11-3-2-4-12-30)22-28-29-23(31(22)18-8-5-16(24)6-9-18)33-14-21(32)27-20-13-17(25)7-10-19(20)26/h5-10,13,15H,2-4,11-12,14H2,1H3,(H,27,32). The van der Waals surface area contributed by atoms with Crippen LogP contribution in [0.3, 0.4) is 0 Å². The van der Waals surface area contributed by atoms with Crippen LogP contribution in [-0.4, -0.2) is 44.4 Å². The van der Waals surface area contributed by atoms with E-state index < -0.39 is 17.5 Å². The van der Waals surface area contributed by atoms with E-state index in [0.717, 1.165) is 55.9 Å². The van der Waals surface area contributed by atoms with E-state index in [1.54, 1.807) is 12.1 Å². The van der Waals surface area contributed by atoms with Crippen molar-refractivity contribution in [3.8, 4) is 5.69 Å². The summed E-state index contributed by atoms with van der Waals surface area (Å²) in [5.74, 6) is -1.63. The Labute approximate surface area is 194 Å². The van der Waals surface area contributed by atoms with E-state index in [4.69, 9.17) is 0 Å². The number of hydrogen-bond acceptors (Lipinski definition) is 5. The van der Waals surface area contributed by atoms with Crippen LogP contribution in [0.1, 0.15) is 38.1 Å². The van der Waals surface area contributed by atoms with Crippen LogP contribution in [0, 0.1) is 17.5 Å². The number of hydrogen-bond donors (Lipinski definition) is 1. The number of piperidine rings is 1. The largest absolute Gasteiger partial charge is 0.323 e. The highest BCUT2D eigenvalue weighted by Crippen LogP contribution is 2.29. The van der Waals surface area contributed by atoms with Crippen LogP contribution in [0.4, 0.5) is 18.9 Å². The van der Waals surface area contributed by atoms with Gasteiger partial charge in [0, 0.05) is 11.8 Å². The Hall–Kier alpha value is -2.85. The Bertz CT molecular complexity index is 1120. The zero-order chi connectivity index (χ0) is 23.4. The van der Waals surface area contributed by atoms with Crippen LogP contribution in [0.2, 0.25) is 0 Å².